The van der Waals surface area contributed by atoms with E-state index >= 15 is 0 Å². The van der Waals surface area contributed by atoms with Crippen LogP contribution in [0.2, 0.25) is 0 Å². The Bertz CT molecular complexity index is 350. The Morgan fingerprint density at radius 2 is 1.94 bits per heavy atom. The van der Waals surface area contributed by atoms with Gasteiger partial charge in [0.1, 0.15) is 0 Å². The molecule has 0 aliphatic heterocycles. The fourth-order valence-electron chi connectivity index (χ4n) is 1.75. The number of rotatable bonds is 4. The van der Waals surface area contributed by atoms with Gasteiger partial charge < -0.3 is 11.1 Å². The van der Waals surface area contributed by atoms with E-state index in [2.05, 4.69) is 44.3 Å². The quantitative estimate of drug-likeness (QED) is 0.818. The predicted molar refractivity (Wildman–Crippen MR) is 70.6 cm³/mol. The van der Waals surface area contributed by atoms with Gasteiger partial charge in [0.2, 0.25) is 0 Å². The zero-order valence-electron chi connectivity index (χ0n) is 11.1. The number of benzene rings is 1. The van der Waals surface area contributed by atoms with E-state index in [1.54, 1.807) is 0 Å². The fourth-order valence-corrected chi connectivity index (χ4v) is 1.75. The van der Waals surface area contributed by atoms with Gasteiger partial charge >= 0.3 is 0 Å². The van der Waals surface area contributed by atoms with Crippen LogP contribution < -0.4 is 11.1 Å². The zero-order valence-corrected chi connectivity index (χ0v) is 11.1. The lowest BCUT2D eigenvalue weighted by molar-refractivity contribution is 0.434. The van der Waals surface area contributed by atoms with E-state index in [1.165, 1.54) is 16.7 Å². The molecule has 0 aromatic heterocycles. The van der Waals surface area contributed by atoms with E-state index in [-0.39, 0.29) is 5.54 Å². The van der Waals surface area contributed by atoms with Crippen LogP contribution in [0.5, 0.6) is 0 Å². The summed E-state index contributed by atoms with van der Waals surface area (Å²) in [6.07, 6.45) is 0. The molecule has 1 rings (SSSR count). The van der Waals surface area contributed by atoms with Gasteiger partial charge in [0.15, 0.2) is 0 Å². The van der Waals surface area contributed by atoms with Crippen LogP contribution in [-0.4, -0.2) is 12.1 Å². The molecule has 2 heteroatoms. The van der Waals surface area contributed by atoms with Crippen molar-refractivity contribution in [3.8, 4) is 0 Å². The molecule has 0 aliphatic carbocycles. The van der Waals surface area contributed by atoms with E-state index in [1.807, 2.05) is 13.8 Å². The molecule has 0 radical (unpaired) electrons. The first-order valence-corrected chi connectivity index (χ1v) is 5.89. The monoisotopic (exact) mass is 220 g/mol. The molecule has 16 heavy (non-hydrogen) atoms. The van der Waals surface area contributed by atoms with Crippen LogP contribution in [0.3, 0.4) is 0 Å². The molecule has 0 bridgehead atoms. The largest absolute Gasteiger partial charge is 0.324 e. The lowest BCUT2D eigenvalue weighted by atomic mass is 9.99. The lowest BCUT2D eigenvalue weighted by Gasteiger charge is -2.24. The van der Waals surface area contributed by atoms with E-state index < -0.39 is 0 Å². The van der Waals surface area contributed by atoms with Crippen molar-refractivity contribution < 1.29 is 0 Å². The molecular weight excluding hydrogens is 196 g/mol. The molecular formula is C14H24N2. The maximum atomic E-state index is 5.97. The smallest absolute Gasteiger partial charge is 0.0295 e. The average Bonchev–Trinajstić information content (AvgIpc) is 2.17. The minimum atomic E-state index is -0.161. The van der Waals surface area contributed by atoms with Gasteiger partial charge in [-0.2, -0.15) is 0 Å². The van der Waals surface area contributed by atoms with Crippen molar-refractivity contribution in [1.29, 1.82) is 0 Å². The second-order valence-corrected chi connectivity index (χ2v) is 5.45. The molecule has 3 N–H and O–H groups in total. The molecule has 1 atom stereocenters. The highest BCUT2D eigenvalue weighted by Crippen LogP contribution is 2.19. The standard InChI is InChI=1S/C14H24N2/c1-10-6-7-11(2)13(8-10)12(3)16-9-14(4,5)15/h6-8,12,16H,9,15H2,1-5H3. The van der Waals surface area contributed by atoms with E-state index in [9.17, 15) is 0 Å². The minimum absolute atomic E-state index is 0.161. The van der Waals surface area contributed by atoms with E-state index in [4.69, 9.17) is 5.73 Å². The van der Waals surface area contributed by atoms with Gasteiger partial charge in [0.25, 0.3) is 0 Å². The third kappa shape index (κ3) is 3.95. The van der Waals surface area contributed by atoms with Crippen molar-refractivity contribution in [3.63, 3.8) is 0 Å². The number of aryl methyl sites for hydroxylation is 2. The lowest BCUT2D eigenvalue weighted by Crippen LogP contribution is -2.43. The Labute approximate surface area is 99.2 Å². The highest BCUT2D eigenvalue weighted by molar-refractivity contribution is 5.32. The van der Waals surface area contributed by atoms with Crippen LogP contribution in [0.15, 0.2) is 18.2 Å². The average molecular weight is 220 g/mol. The fraction of sp³-hybridized carbons (Fsp3) is 0.571. The second-order valence-electron chi connectivity index (χ2n) is 5.45. The van der Waals surface area contributed by atoms with Gasteiger partial charge in [0, 0.05) is 18.1 Å². The number of hydrogen-bond donors (Lipinski definition) is 2. The van der Waals surface area contributed by atoms with Crippen molar-refractivity contribution in [2.75, 3.05) is 6.54 Å². The van der Waals surface area contributed by atoms with Gasteiger partial charge in [-0.05, 0) is 45.7 Å². The molecule has 0 aliphatic rings. The SMILES string of the molecule is Cc1ccc(C)c(C(C)NCC(C)(C)N)c1. The highest BCUT2D eigenvalue weighted by Gasteiger charge is 2.14. The molecule has 0 amide bonds. The van der Waals surface area contributed by atoms with Crippen molar-refractivity contribution in [2.45, 2.75) is 46.2 Å². The summed E-state index contributed by atoms with van der Waals surface area (Å²) in [4.78, 5) is 0. The van der Waals surface area contributed by atoms with Crippen LogP contribution in [0.4, 0.5) is 0 Å². The molecule has 1 aromatic rings. The number of nitrogens with two attached hydrogens (primary N) is 1. The van der Waals surface area contributed by atoms with Crippen LogP contribution in [0.1, 0.15) is 43.5 Å². The Balaban J connectivity index is 2.73. The normalized spacial score (nSPS) is 13.9. The van der Waals surface area contributed by atoms with Crippen molar-refractivity contribution in [3.05, 3.63) is 34.9 Å². The Morgan fingerprint density at radius 1 is 1.31 bits per heavy atom. The molecule has 1 aromatic carbocycles. The summed E-state index contributed by atoms with van der Waals surface area (Å²) in [7, 11) is 0. The topological polar surface area (TPSA) is 38.0 Å². The van der Waals surface area contributed by atoms with Crippen molar-refractivity contribution in [2.24, 2.45) is 5.73 Å². The second kappa shape index (κ2) is 4.98. The van der Waals surface area contributed by atoms with Gasteiger partial charge in [-0.3, -0.25) is 0 Å². The summed E-state index contributed by atoms with van der Waals surface area (Å²) in [5, 5.41) is 3.48. The van der Waals surface area contributed by atoms with Gasteiger partial charge in [-0.25, -0.2) is 0 Å². The molecule has 2 nitrogen and oxygen atoms in total. The van der Waals surface area contributed by atoms with Crippen molar-refractivity contribution in [1.82, 2.24) is 5.32 Å². The number of hydrogen-bond acceptors (Lipinski definition) is 2. The third-order valence-electron chi connectivity index (χ3n) is 2.77. The summed E-state index contributed by atoms with van der Waals surface area (Å²) >= 11 is 0. The van der Waals surface area contributed by atoms with E-state index in [0.29, 0.717) is 6.04 Å². The summed E-state index contributed by atoms with van der Waals surface area (Å²) < 4.78 is 0. The molecule has 90 valence electrons. The maximum absolute atomic E-state index is 5.97. The summed E-state index contributed by atoms with van der Waals surface area (Å²) in [5.74, 6) is 0. The molecule has 1 unspecified atom stereocenters. The Kier molecular flexibility index (Phi) is 4.11. The van der Waals surface area contributed by atoms with Crippen LogP contribution in [0.25, 0.3) is 0 Å². The van der Waals surface area contributed by atoms with Crippen molar-refractivity contribution >= 4 is 0 Å². The summed E-state index contributed by atoms with van der Waals surface area (Å²) in [6.45, 7) is 11.4. The van der Waals surface area contributed by atoms with Gasteiger partial charge in [-0.15, -0.1) is 0 Å². The first-order valence-electron chi connectivity index (χ1n) is 5.89. The van der Waals surface area contributed by atoms with Crippen LogP contribution in [0, 0.1) is 13.8 Å². The maximum Gasteiger partial charge on any atom is 0.0295 e. The predicted octanol–water partition coefficient (Wildman–Crippen LogP) is 2.69. The van der Waals surface area contributed by atoms with E-state index in [0.717, 1.165) is 6.54 Å². The van der Waals surface area contributed by atoms with Crippen LogP contribution >= 0.6 is 0 Å². The first kappa shape index (κ1) is 13.2. The number of nitrogens with one attached hydrogen (secondary N) is 1. The van der Waals surface area contributed by atoms with Gasteiger partial charge in [-0.1, -0.05) is 23.8 Å². The molecule has 0 spiro atoms. The Hall–Kier alpha value is -0.860. The third-order valence-corrected chi connectivity index (χ3v) is 2.77. The van der Waals surface area contributed by atoms with Crippen LogP contribution in [-0.2, 0) is 0 Å². The van der Waals surface area contributed by atoms with Gasteiger partial charge in [0.05, 0.1) is 0 Å². The summed E-state index contributed by atoms with van der Waals surface area (Å²) in [6, 6.07) is 6.92. The molecule has 0 heterocycles. The highest BCUT2D eigenvalue weighted by atomic mass is 14.9. The molecule has 0 saturated carbocycles. The molecule has 0 saturated heterocycles. The Morgan fingerprint density at radius 3 is 2.50 bits per heavy atom. The zero-order chi connectivity index (χ0) is 12.3. The molecule has 0 fully saturated rings. The first-order chi connectivity index (χ1) is 7.29. The minimum Gasteiger partial charge on any atom is -0.324 e. The summed E-state index contributed by atoms with van der Waals surface area (Å²) in [5.41, 5.74) is 9.81.